The molecule has 1 heterocycles. The van der Waals surface area contributed by atoms with Crippen molar-refractivity contribution < 1.29 is 8.42 Å². The second-order valence-corrected chi connectivity index (χ2v) is 5.55. The first-order valence-electron chi connectivity index (χ1n) is 4.51. The van der Waals surface area contributed by atoms with Crippen molar-refractivity contribution in [1.29, 1.82) is 0 Å². The molecule has 1 N–H and O–H groups in total. The lowest BCUT2D eigenvalue weighted by Crippen LogP contribution is -2.29. The van der Waals surface area contributed by atoms with E-state index in [-0.39, 0.29) is 11.1 Å². The lowest BCUT2D eigenvalue weighted by molar-refractivity contribution is 0.462. The van der Waals surface area contributed by atoms with E-state index in [0.29, 0.717) is 5.82 Å². The van der Waals surface area contributed by atoms with Gasteiger partial charge in [-0.25, -0.2) is 13.4 Å². The number of sulfonamides is 1. The van der Waals surface area contributed by atoms with Gasteiger partial charge in [-0.2, -0.15) is 4.31 Å². The summed E-state index contributed by atoms with van der Waals surface area (Å²) in [7, 11) is -1.73. The van der Waals surface area contributed by atoms with Crippen LogP contribution in [0, 0.1) is 6.92 Å². The number of H-pyrrole nitrogens is 1. The highest BCUT2D eigenvalue weighted by atomic mass is 32.2. The van der Waals surface area contributed by atoms with Gasteiger partial charge in [0.1, 0.15) is 5.82 Å². The number of hydrogen-bond acceptors (Lipinski definition) is 3. The van der Waals surface area contributed by atoms with E-state index >= 15 is 0 Å². The molecule has 2 rings (SSSR count). The lowest BCUT2D eigenvalue weighted by Gasteiger charge is -2.14. The highest BCUT2D eigenvalue weighted by molar-refractivity contribution is 7.89. The summed E-state index contributed by atoms with van der Waals surface area (Å²) in [5.41, 5.74) is 0. The van der Waals surface area contributed by atoms with Gasteiger partial charge >= 0.3 is 0 Å². The average molecular weight is 215 g/mol. The van der Waals surface area contributed by atoms with Gasteiger partial charge in [0, 0.05) is 13.1 Å². The number of aromatic amines is 1. The topological polar surface area (TPSA) is 66.1 Å². The van der Waals surface area contributed by atoms with Crippen LogP contribution in [-0.4, -0.2) is 35.8 Å². The third kappa shape index (κ3) is 1.55. The zero-order valence-electron chi connectivity index (χ0n) is 8.19. The molecule has 1 fully saturated rings. The molecular formula is C8H13N3O2S. The van der Waals surface area contributed by atoms with Crippen molar-refractivity contribution in [3.05, 3.63) is 12.0 Å². The summed E-state index contributed by atoms with van der Waals surface area (Å²) in [4.78, 5) is 6.62. The molecule has 78 valence electrons. The van der Waals surface area contributed by atoms with Gasteiger partial charge in [0.25, 0.3) is 10.0 Å². The second kappa shape index (κ2) is 3.06. The fraction of sp³-hybridized carbons (Fsp3) is 0.625. The Morgan fingerprint density at radius 2 is 2.21 bits per heavy atom. The van der Waals surface area contributed by atoms with E-state index in [1.807, 2.05) is 0 Å². The van der Waals surface area contributed by atoms with Crippen LogP contribution in [0.5, 0.6) is 0 Å². The van der Waals surface area contributed by atoms with Crippen molar-refractivity contribution in [2.75, 3.05) is 7.05 Å². The molecule has 5 nitrogen and oxygen atoms in total. The third-order valence-electron chi connectivity index (χ3n) is 2.40. The fourth-order valence-electron chi connectivity index (χ4n) is 1.32. The molecule has 0 spiro atoms. The summed E-state index contributed by atoms with van der Waals surface area (Å²) in [5.74, 6) is 0.618. The average Bonchev–Trinajstić information content (AvgIpc) is 2.87. The molecule has 0 aromatic carbocycles. The van der Waals surface area contributed by atoms with Crippen LogP contribution in [0.15, 0.2) is 11.2 Å². The van der Waals surface area contributed by atoms with Crippen molar-refractivity contribution in [3.8, 4) is 0 Å². The van der Waals surface area contributed by atoms with Crippen molar-refractivity contribution in [2.45, 2.75) is 30.8 Å². The van der Waals surface area contributed by atoms with Gasteiger partial charge < -0.3 is 4.98 Å². The Morgan fingerprint density at radius 3 is 2.64 bits per heavy atom. The van der Waals surface area contributed by atoms with Crippen LogP contribution in [0.2, 0.25) is 0 Å². The number of hydrogen-bond donors (Lipinski definition) is 1. The molecule has 0 atom stereocenters. The van der Waals surface area contributed by atoms with Gasteiger partial charge in [0.05, 0.1) is 6.20 Å². The summed E-state index contributed by atoms with van der Waals surface area (Å²) < 4.78 is 25.2. The van der Waals surface area contributed by atoms with Crippen LogP contribution < -0.4 is 0 Å². The summed E-state index contributed by atoms with van der Waals surface area (Å²) in [5, 5.41) is 0.185. The summed E-state index contributed by atoms with van der Waals surface area (Å²) in [6.45, 7) is 1.73. The van der Waals surface area contributed by atoms with Crippen molar-refractivity contribution in [3.63, 3.8) is 0 Å². The Hall–Kier alpha value is -0.880. The Morgan fingerprint density at radius 1 is 1.57 bits per heavy atom. The Kier molecular flexibility index (Phi) is 2.11. The van der Waals surface area contributed by atoms with Gasteiger partial charge in [-0.1, -0.05) is 0 Å². The van der Waals surface area contributed by atoms with Crippen LogP contribution in [0.3, 0.4) is 0 Å². The minimum atomic E-state index is -3.34. The first-order chi connectivity index (χ1) is 6.51. The quantitative estimate of drug-likeness (QED) is 0.798. The van der Waals surface area contributed by atoms with Gasteiger partial charge in [-0.05, 0) is 19.8 Å². The van der Waals surface area contributed by atoms with Crippen LogP contribution in [0.1, 0.15) is 18.7 Å². The predicted molar refractivity (Wildman–Crippen MR) is 51.3 cm³/mol. The summed E-state index contributed by atoms with van der Waals surface area (Å²) in [6, 6.07) is 0.184. The van der Waals surface area contributed by atoms with E-state index in [0.717, 1.165) is 12.8 Å². The largest absolute Gasteiger partial charge is 0.332 e. The highest BCUT2D eigenvalue weighted by Crippen LogP contribution is 2.29. The van der Waals surface area contributed by atoms with E-state index in [1.54, 1.807) is 14.0 Å². The minimum Gasteiger partial charge on any atom is -0.332 e. The monoisotopic (exact) mass is 215 g/mol. The molecule has 0 radical (unpaired) electrons. The second-order valence-electron chi connectivity index (χ2n) is 3.59. The zero-order valence-corrected chi connectivity index (χ0v) is 9.00. The highest BCUT2D eigenvalue weighted by Gasteiger charge is 2.35. The number of rotatable bonds is 3. The van der Waals surface area contributed by atoms with Crippen LogP contribution >= 0.6 is 0 Å². The van der Waals surface area contributed by atoms with E-state index < -0.39 is 10.0 Å². The predicted octanol–water partition coefficient (Wildman–Crippen LogP) is 0.501. The Balaban J connectivity index is 2.31. The molecule has 0 bridgehead atoms. The molecule has 6 heteroatoms. The van der Waals surface area contributed by atoms with E-state index in [2.05, 4.69) is 9.97 Å². The third-order valence-corrected chi connectivity index (χ3v) is 4.22. The molecule has 1 aliphatic carbocycles. The molecule has 1 aliphatic rings. The lowest BCUT2D eigenvalue weighted by atomic mass is 10.7. The maximum atomic E-state index is 11.9. The summed E-state index contributed by atoms with van der Waals surface area (Å²) in [6.07, 6.45) is 3.29. The molecule has 14 heavy (non-hydrogen) atoms. The van der Waals surface area contributed by atoms with Crippen molar-refractivity contribution >= 4 is 10.0 Å². The van der Waals surface area contributed by atoms with Gasteiger partial charge in [-0.3, -0.25) is 0 Å². The van der Waals surface area contributed by atoms with Gasteiger partial charge in [0.15, 0.2) is 5.03 Å². The first kappa shape index (κ1) is 9.67. The molecular weight excluding hydrogens is 202 g/mol. The zero-order chi connectivity index (χ0) is 10.3. The maximum Gasteiger partial charge on any atom is 0.260 e. The normalized spacial score (nSPS) is 17.6. The number of aromatic nitrogens is 2. The molecule has 0 amide bonds. The van der Waals surface area contributed by atoms with Crippen LogP contribution in [-0.2, 0) is 10.0 Å². The standard InChI is InChI=1S/C8H13N3O2S/c1-6-9-5-8(10-6)14(12,13)11(2)7-3-4-7/h5,7H,3-4H2,1-2H3,(H,9,10). The number of nitrogens with zero attached hydrogens (tertiary/aromatic N) is 2. The van der Waals surface area contributed by atoms with Crippen molar-refractivity contribution in [2.24, 2.45) is 0 Å². The van der Waals surface area contributed by atoms with Crippen molar-refractivity contribution in [1.82, 2.24) is 14.3 Å². The molecule has 0 saturated heterocycles. The van der Waals surface area contributed by atoms with Crippen LogP contribution in [0.4, 0.5) is 0 Å². The molecule has 1 aromatic rings. The number of imidazole rings is 1. The summed E-state index contributed by atoms with van der Waals surface area (Å²) >= 11 is 0. The molecule has 1 saturated carbocycles. The number of nitrogens with one attached hydrogen (secondary N) is 1. The Bertz CT molecular complexity index is 433. The fourth-order valence-corrected chi connectivity index (χ4v) is 2.70. The smallest absolute Gasteiger partial charge is 0.260 e. The van der Waals surface area contributed by atoms with Crippen LogP contribution in [0.25, 0.3) is 0 Å². The van der Waals surface area contributed by atoms with E-state index in [9.17, 15) is 8.42 Å². The first-order valence-corrected chi connectivity index (χ1v) is 5.95. The van der Waals surface area contributed by atoms with E-state index in [1.165, 1.54) is 10.5 Å². The maximum absolute atomic E-state index is 11.9. The van der Waals surface area contributed by atoms with Gasteiger partial charge in [0.2, 0.25) is 0 Å². The minimum absolute atomic E-state index is 0.184. The Labute approximate surface area is 83.2 Å². The van der Waals surface area contributed by atoms with E-state index in [4.69, 9.17) is 0 Å². The van der Waals surface area contributed by atoms with Gasteiger partial charge in [-0.15, -0.1) is 0 Å². The molecule has 0 aliphatic heterocycles. The molecule has 0 unspecified atom stereocenters. The molecule has 1 aromatic heterocycles. The number of aryl methyl sites for hydroxylation is 1. The SMILES string of the molecule is Cc1ncc(S(=O)(=O)N(C)C2CC2)[nH]1.